The van der Waals surface area contributed by atoms with Gasteiger partial charge < -0.3 is 20.9 Å². The van der Waals surface area contributed by atoms with Crippen molar-refractivity contribution in [2.45, 2.75) is 24.9 Å². The Kier molecular flexibility index (Phi) is 4.12. The van der Waals surface area contributed by atoms with Crippen molar-refractivity contribution < 1.29 is 10.3 Å². The summed E-state index contributed by atoms with van der Waals surface area (Å²) >= 11 is 0. The quantitative estimate of drug-likeness (QED) is 0.337. The van der Waals surface area contributed by atoms with Crippen LogP contribution in [-0.2, 0) is 0 Å². The summed E-state index contributed by atoms with van der Waals surface area (Å²) in [7, 11) is 0. The van der Waals surface area contributed by atoms with E-state index < -0.39 is 0 Å². The fourth-order valence-corrected chi connectivity index (χ4v) is 3.86. The van der Waals surface area contributed by atoms with Gasteiger partial charge in [0.2, 0.25) is 0 Å². The molecule has 5 nitrogen and oxygen atoms in total. The number of benzene rings is 1. The van der Waals surface area contributed by atoms with Crippen molar-refractivity contribution in [3.05, 3.63) is 35.9 Å². The first-order chi connectivity index (χ1) is 10.2. The smallest absolute Gasteiger partial charge is 0.147 e. The Hall–Kier alpha value is -1.59. The summed E-state index contributed by atoms with van der Waals surface area (Å²) in [6.45, 7) is 2.65. The molecule has 4 atom stereocenters. The molecule has 4 N–H and O–H groups in total. The molecule has 4 unspecified atom stereocenters. The van der Waals surface area contributed by atoms with Gasteiger partial charge in [-0.2, -0.15) is 0 Å². The van der Waals surface area contributed by atoms with Crippen LogP contribution < -0.4 is 5.73 Å². The fraction of sp³-hybridized carbons (Fsp3) is 0.562. The van der Waals surface area contributed by atoms with Gasteiger partial charge in [0.05, 0.1) is 12.0 Å². The second-order valence-electron chi connectivity index (χ2n) is 6.28. The third kappa shape index (κ3) is 2.89. The standard InChI is InChI=1S/C16H23N3O2/c17-16(18-21)14(11-4-2-1-3-5-11)10-19-8-12-6-7-15(20)13(12)9-19/h1-5,12-15,20-21H,6-10H2,(H2,17,18). The molecule has 1 heterocycles. The van der Waals surface area contributed by atoms with Crippen molar-refractivity contribution in [1.82, 2.24) is 4.90 Å². The van der Waals surface area contributed by atoms with Crippen LogP contribution in [0.5, 0.6) is 0 Å². The molecule has 0 amide bonds. The molecule has 21 heavy (non-hydrogen) atoms. The highest BCUT2D eigenvalue weighted by molar-refractivity contribution is 5.87. The second kappa shape index (κ2) is 6.03. The molecule has 0 spiro atoms. The average Bonchev–Trinajstić information content (AvgIpc) is 3.07. The number of fused-ring (bicyclic) bond motifs is 1. The zero-order valence-corrected chi connectivity index (χ0v) is 12.1. The first kappa shape index (κ1) is 14.4. The molecule has 1 aliphatic heterocycles. The van der Waals surface area contributed by atoms with E-state index in [2.05, 4.69) is 10.1 Å². The maximum absolute atomic E-state index is 10.0. The lowest BCUT2D eigenvalue weighted by Crippen LogP contribution is -2.35. The Morgan fingerprint density at radius 3 is 2.71 bits per heavy atom. The number of hydrogen-bond acceptors (Lipinski definition) is 4. The second-order valence-corrected chi connectivity index (χ2v) is 6.28. The van der Waals surface area contributed by atoms with Crippen LogP contribution >= 0.6 is 0 Å². The molecule has 2 fully saturated rings. The topological polar surface area (TPSA) is 82.1 Å². The van der Waals surface area contributed by atoms with Crippen LogP contribution in [0.1, 0.15) is 24.3 Å². The number of nitrogens with zero attached hydrogens (tertiary/aromatic N) is 2. The van der Waals surface area contributed by atoms with Crippen LogP contribution in [-0.4, -0.2) is 46.8 Å². The summed E-state index contributed by atoms with van der Waals surface area (Å²) in [5, 5.41) is 22.3. The number of hydrogen-bond donors (Lipinski definition) is 3. The van der Waals surface area contributed by atoms with Crippen LogP contribution in [0.3, 0.4) is 0 Å². The van der Waals surface area contributed by atoms with E-state index in [4.69, 9.17) is 10.9 Å². The Labute approximate surface area is 125 Å². The van der Waals surface area contributed by atoms with Crippen LogP contribution in [0.15, 0.2) is 35.5 Å². The molecular weight excluding hydrogens is 266 g/mol. The molecular formula is C16H23N3O2. The normalized spacial score (nSPS) is 31.3. The number of aliphatic hydroxyl groups is 1. The first-order valence-electron chi connectivity index (χ1n) is 7.62. The maximum atomic E-state index is 10.0. The predicted molar refractivity (Wildman–Crippen MR) is 81.3 cm³/mol. The monoisotopic (exact) mass is 289 g/mol. The molecule has 0 radical (unpaired) electrons. The van der Waals surface area contributed by atoms with Gasteiger partial charge in [-0.1, -0.05) is 35.5 Å². The average molecular weight is 289 g/mol. The molecule has 1 aromatic carbocycles. The highest BCUT2D eigenvalue weighted by Crippen LogP contribution is 2.38. The minimum atomic E-state index is -0.154. The number of oxime groups is 1. The maximum Gasteiger partial charge on any atom is 0.147 e. The van der Waals surface area contributed by atoms with E-state index in [0.717, 1.165) is 38.0 Å². The van der Waals surface area contributed by atoms with E-state index in [0.29, 0.717) is 11.8 Å². The summed E-state index contributed by atoms with van der Waals surface area (Å²) in [6.07, 6.45) is 1.90. The lowest BCUT2D eigenvalue weighted by Gasteiger charge is -2.24. The first-order valence-corrected chi connectivity index (χ1v) is 7.62. The number of nitrogens with two attached hydrogens (primary N) is 1. The van der Waals surface area contributed by atoms with Crippen molar-refractivity contribution in [2.75, 3.05) is 19.6 Å². The Morgan fingerprint density at radius 1 is 1.29 bits per heavy atom. The molecule has 1 aromatic rings. The van der Waals surface area contributed by atoms with Gasteiger partial charge >= 0.3 is 0 Å². The van der Waals surface area contributed by atoms with Crippen LogP contribution in [0.2, 0.25) is 0 Å². The minimum Gasteiger partial charge on any atom is -0.409 e. The lowest BCUT2D eigenvalue weighted by atomic mass is 9.97. The van der Waals surface area contributed by atoms with Crippen molar-refractivity contribution in [3.63, 3.8) is 0 Å². The number of aliphatic hydroxyl groups excluding tert-OH is 1. The molecule has 1 saturated heterocycles. The zero-order chi connectivity index (χ0) is 14.8. The van der Waals surface area contributed by atoms with E-state index >= 15 is 0 Å². The summed E-state index contributed by atoms with van der Waals surface area (Å²) in [6, 6.07) is 9.91. The number of likely N-dealkylation sites (tertiary alicyclic amines) is 1. The van der Waals surface area contributed by atoms with E-state index in [1.165, 1.54) is 0 Å². The third-order valence-electron chi connectivity index (χ3n) is 5.01. The van der Waals surface area contributed by atoms with E-state index in [1.54, 1.807) is 0 Å². The molecule has 1 saturated carbocycles. The summed E-state index contributed by atoms with van der Waals surface area (Å²) in [5.41, 5.74) is 6.95. The van der Waals surface area contributed by atoms with Gasteiger partial charge in [0.1, 0.15) is 5.84 Å². The molecule has 5 heteroatoms. The number of amidine groups is 1. The largest absolute Gasteiger partial charge is 0.409 e. The molecule has 2 aliphatic rings. The van der Waals surface area contributed by atoms with Crippen LogP contribution in [0.25, 0.3) is 0 Å². The SMILES string of the molecule is N/C(=N/O)C(CN1CC2CCC(O)C2C1)c1ccccc1. The summed E-state index contributed by atoms with van der Waals surface area (Å²) < 4.78 is 0. The van der Waals surface area contributed by atoms with Crippen LogP contribution in [0.4, 0.5) is 0 Å². The Morgan fingerprint density at radius 2 is 2.05 bits per heavy atom. The van der Waals surface area contributed by atoms with E-state index in [1.807, 2.05) is 30.3 Å². The molecule has 1 aliphatic carbocycles. The highest BCUT2D eigenvalue weighted by Gasteiger charge is 2.42. The fourth-order valence-electron chi connectivity index (χ4n) is 3.86. The van der Waals surface area contributed by atoms with Crippen molar-refractivity contribution >= 4 is 5.84 Å². The predicted octanol–water partition coefficient (Wildman–Crippen LogP) is 1.22. The van der Waals surface area contributed by atoms with Gasteiger partial charge in [-0.15, -0.1) is 0 Å². The van der Waals surface area contributed by atoms with Gasteiger partial charge in [-0.05, 0) is 24.3 Å². The Balaban J connectivity index is 1.72. The molecule has 114 valence electrons. The van der Waals surface area contributed by atoms with Gasteiger partial charge in [0.25, 0.3) is 0 Å². The number of rotatable bonds is 4. The molecule has 0 aromatic heterocycles. The lowest BCUT2D eigenvalue weighted by molar-refractivity contribution is 0.124. The van der Waals surface area contributed by atoms with Crippen molar-refractivity contribution in [2.24, 2.45) is 22.7 Å². The molecule has 3 rings (SSSR count). The van der Waals surface area contributed by atoms with E-state index in [9.17, 15) is 5.11 Å². The van der Waals surface area contributed by atoms with Gasteiger partial charge in [0, 0.05) is 25.6 Å². The summed E-state index contributed by atoms with van der Waals surface area (Å²) in [4.78, 5) is 2.34. The third-order valence-corrected chi connectivity index (χ3v) is 5.01. The summed E-state index contributed by atoms with van der Waals surface area (Å²) in [5.74, 6) is 1.14. The van der Waals surface area contributed by atoms with Gasteiger partial charge in [-0.3, -0.25) is 0 Å². The highest BCUT2D eigenvalue weighted by atomic mass is 16.4. The Bertz CT molecular complexity index is 506. The minimum absolute atomic E-state index is 0.104. The van der Waals surface area contributed by atoms with E-state index in [-0.39, 0.29) is 17.9 Å². The van der Waals surface area contributed by atoms with Crippen molar-refractivity contribution in [3.8, 4) is 0 Å². The van der Waals surface area contributed by atoms with Gasteiger partial charge in [0.15, 0.2) is 0 Å². The van der Waals surface area contributed by atoms with Gasteiger partial charge in [-0.25, -0.2) is 0 Å². The van der Waals surface area contributed by atoms with Crippen LogP contribution in [0, 0.1) is 11.8 Å². The van der Waals surface area contributed by atoms with Crippen molar-refractivity contribution in [1.29, 1.82) is 0 Å². The molecule has 0 bridgehead atoms. The zero-order valence-electron chi connectivity index (χ0n) is 12.1.